The first-order valence-electron chi connectivity index (χ1n) is 6.63. The fourth-order valence-corrected chi connectivity index (χ4v) is 2.67. The molecule has 0 fully saturated rings. The molecule has 0 amide bonds. The molecule has 0 radical (unpaired) electrons. The first-order chi connectivity index (χ1) is 9.33. The van der Waals surface area contributed by atoms with Crippen molar-refractivity contribution >= 4 is 0 Å². The van der Waals surface area contributed by atoms with Crippen LogP contribution in [0.4, 0.5) is 0 Å². The van der Waals surface area contributed by atoms with Crippen LogP contribution >= 0.6 is 0 Å². The zero-order valence-corrected chi connectivity index (χ0v) is 10.7. The number of phenols is 1. The van der Waals surface area contributed by atoms with Crippen LogP contribution < -0.4 is 5.32 Å². The van der Waals surface area contributed by atoms with Gasteiger partial charge in [-0.1, -0.05) is 11.2 Å². The second kappa shape index (κ2) is 5.40. The van der Waals surface area contributed by atoms with Crippen molar-refractivity contribution in [1.82, 2.24) is 15.5 Å². The number of hydrogen-bond acceptors (Lipinski definition) is 5. The van der Waals surface area contributed by atoms with Crippen LogP contribution in [0.15, 0.2) is 29.1 Å². The van der Waals surface area contributed by atoms with Gasteiger partial charge in [0.1, 0.15) is 5.75 Å². The average molecular weight is 259 g/mol. The summed E-state index contributed by atoms with van der Waals surface area (Å²) in [6, 6.07) is 6.02. The van der Waals surface area contributed by atoms with Crippen LogP contribution in [0.3, 0.4) is 0 Å². The number of rotatable bonds is 4. The number of fused-ring (bicyclic) bond motifs is 1. The Kier molecular flexibility index (Phi) is 3.46. The number of nitrogens with one attached hydrogen (secondary N) is 1. The number of aromatic nitrogens is 2. The van der Waals surface area contributed by atoms with Gasteiger partial charge < -0.3 is 14.9 Å². The van der Waals surface area contributed by atoms with Gasteiger partial charge in [0.15, 0.2) is 5.82 Å². The van der Waals surface area contributed by atoms with E-state index in [0.717, 1.165) is 38.1 Å². The zero-order valence-electron chi connectivity index (χ0n) is 10.7. The maximum Gasteiger partial charge on any atom is 0.213 e. The van der Waals surface area contributed by atoms with Gasteiger partial charge in [-0.15, -0.1) is 0 Å². The minimum atomic E-state index is 0.353. The highest BCUT2D eigenvalue weighted by atomic mass is 16.5. The third-order valence-corrected chi connectivity index (χ3v) is 3.59. The molecule has 1 aromatic heterocycles. The maximum atomic E-state index is 9.53. The van der Waals surface area contributed by atoms with E-state index in [9.17, 15) is 5.11 Å². The Morgan fingerprint density at radius 2 is 2.37 bits per heavy atom. The highest BCUT2D eigenvalue weighted by Gasteiger charge is 2.19. The lowest BCUT2D eigenvalue weighted by atomic mass is 9.87. The van der Waals surface area contributed by atoms with Gasteiger partial charge in [-0.2, -0.15) is 4.98 Å². The lowest BCUT2D eigenvalue weighted by Gasteiger charge is -2.26. The second-order valence-electron chi connectivity index (χ2n) is 4.88. The molecule has 5 heteroatoms. The average Bonchev–Trinajstić information content (AvgIpc) is 2.92. The summed E-state index contributed by atoms with van der Waals surface area (Å²) < 4.78 is 4.71. The van der Waals surface area contributed by atoms with Gasteiger partial charge in [0.2, 0.25) is 6.39 Å². The van der Waals surface area contributed by atoms with Crippen molar-refractivity contribution in [3.05, 3.63) is 41.5 Å². The van der Waals surface area contributed by atoms with Crippen molar-refractivity contribution in [2.45, 2.75) is 31.7 Å². The molecule has 1 aliphatic rings. The normalized spacial score (nSPS) is 18.2. The maximum absolute atomic E-state index is 9.53. The summed E-state index contributed by atoms with van der Waals surface area (Å²) in [4.78, 5) is 4.00. The minimum Gasteiger partial charge on any atom is -0.508 e. The summed E-state index contributed by atoms with van der Waals surface area (Å²) in [5.41, 5.74) is 2.56. The predicted octanol–water partition coefficient (Wildman–Crippen LogP) is 1.98. The number of phenolic OH excluding ortho intramolecular Hbond substituents is 1. The molecule has 1 heterocycles. The van der Waals surface area contributed by atoms with Crippen molar-refractivity contribution < 1.29 is 9.63 Å². The molecular weight excluding hydrogens is 242 g/mol. The largest absolute Gasteiger partial charge is 0.508 e. The predicted molar refractivity (Wildman–Crippen MR) is 69.8 cm³/mol. The molecule has 100 valence electrons. The van der Waals surface area contributed by atoms with Crippen LogP contribution in [0.5, 0.6) is 5.75 Å². The molecule has 3 rings (SSSR count). The highest BCUT2D eigenvalue weighted by Crippen LogP contribution is 2.31. The number of aromatic hydroxyl groups is 1. The van der Waals surface area contributed by atoms with Crippen molar-refractivity contribution in [2.24, 2.45) is 0 Å². The van der Waals surface area contributed by atoms with Crippen LogP contribution in [0.1, 0.15) is 35.8 Å². The number of hydrogen-bond donors (Lipinski definition) is 2. The Morgan fingerprint density at radius 1 is 1.42 bits per heavy atom. The van der Waals surface area contributed by atoms with E-state index in [2.05, 4.69) is 15.5 Å². The molecule has 19 heavy (non-hydrogen) atoms. The molecule has 0 saturated carbocycles. The van der Waals surface area contributed by atoms with Crippen LogP contribution in [0.2, 0.25) is 0 Å². The summed E-state index contributed by atoms with van der Waals surface area (Å²) in [5, 5.41) is 16.9. The highest BCUT2D eigenvalue weighted by molar-refractivity contribution is 5.38. The van der Waals surface area contributed by atoms with Crippen LogP contribution in [-0.4, -0.2) is 21.8 Å². The van der Waals surface area contributed by atoms with E-state index in [1.165, 1.54) is 17.5 Å². The third-order valence-electron chi connectivity index (χ3n) is 3.59. The molecule has 0 saturated heterocycles. The van der Waals surface area contributed by atoms with Crippen molar-refractivity contribution in [3.63, 3.8) is 0 Å². The molecule has 0 aliphatic heterocycles. The van der Waals surface area contributed by atoms with Crippen LogP contribution in [-0.2, 0) is 12.8 Å². The first-order valence-corrected chi connectivity index (χ1v) is 6.63. The molecule has 0 bridgehead atoms. The SMILES string of the molecule is Oc1ccc2c(c1)CCCC2NCCc1ncon1. The Labute approximate surface area is 111 Å². The summed E-state index contributed by atoms with van der Waals surface area (Å²) in [5.74, 6) is 1.08. The Bertz CT molecular complexity index is 540. The van der Waals surface area contributed by atoms with Gasteiger partial charge in [-0.25, -0.2) is 0 Å². The molecule has 1 aromatic carbocycles. The van der Waals surface area contributed by atoms with Gasteiger partial charge in [-0.05, 0) is 42.5 Å². The molecule has 2 aromatic rings. The Balaban J connectivity index is 1.63. The monoisotopic (exact) mass is 259 g/mol. The zero-order chi connectivity index (χ0) is 13.1. The number of nitrogens with zero attached hydrogens (tertiary/aromatic N) is 2. The Morgan fingerprint density at radius 3 is 3.21 bits per heavy atom. The molecular formula is C14H17N3O2. The van der Waals surface area contributed by atoms with Gasteiger partial charge in [0.05, 0.1) is 0 Å². The van der Waals surface area contributed by atoms with E-state index in [1.54, 1.807) is 6.07 Å². The molecule has 1 unspecified atom stereocenters. The van der Waals surface area contributed by atoms with Gasteiger partial charge >= 0.3 is 0 Å². The first kappa shape index (κ1) is 12.2. The third kappa shape index (κ3) is 2.76. The van der Waals surface area contributed by atoms with E-state index in [4.69, 9.17) is 4.52 Å². The van der Waals surface area contributed by atoms with E-state index in [-0.39, 0.29) is 0 Å². The standard InChI is InChI=1S/C14H17N3O2/c18-11-4-5-12-10(8-11)2-1-3-13(12)15-7-6-14-16-9-19-17-14/h4-5,8-9,13,15,18H,1-3,6-7H2. The van der Waals surface area contributed by atoms with Gasteiger partial charge in [-0.3, -0.25) is 0 Å². The van der Waals surface area contributed by atoms with Crippen molar-refractivity contribution in [1.29, 1.82) is 0 Å². The van der Waals surface area contributed by atoms with Gasteiger partial charge in [0, 0.05) is 19.0 Å². The molecule has 2 N–H and O–H groups in total. The van der Waals surface area contributed by atoms with Crippen molar-refractivity contribution in [2.75, 3.05) is 6.54 Å². The molecule has 0 spiro atoms. The summed E-state index contributed by atoms with van der Waals surface area (Å²) >= 11 is 0. The smallest absolute Gasteiger partial charge is 0.213 e. The summed E-state index contributed by atoms with van der Waals surface area (Å²) in [7, 11) is 0. The van der Waals surface area contributed by atoms with Crippen LogP contribution in [0, 0.1) is 0 Å². The second-order valence-corrected chi connectivity index (χ2v) is 4.88. The topological polar surface area (TPSA) is 71.2 Å². The fraction of sp³-hybridized carbons (Fsp3) is 0.429. The van der Waals surface area contributed by atoms with E-state index >= 15 is 0 Å². The lowest BCUT2D eigenvalue weighted by molar-refractivity contribution is 0.406. The Hall–Kier alpha value is -1.88. The molecule has 1 atom stereocenters. The molecule has 5 nitrogen and oxygen atoms in total. The van der Waals surface area contributed by atoms with E-state index < -0.39 is 0 Å². The van der Waals surface area contributed by atoms with E-state index in [1.807, 2.05) is 12.1 Å². The minimum absolute atomic E-state index is 0.353. The fourth-order valence-electron chi connectivity index (χ4n) is 2.67. The number of aryl methyl sites for hydroxylation is 1. The van der Waals surface area contributed by atoms with E-state index in [0.29, 0.717) is 11.8 Å². The van der Waals surface area contributed by atoms with Gasteiger partial charge in [0.25, 0.3) is 0 Å². The molecule has 1 aliphatic carbocycles. The quantitative estimate of drug-likeness (QED) is 0.878. The lowest BCUT2D eigenvalue weighted by Crippen LogP contribution is -2.27. The summed E-state index contributed by atoms with van der Waals surface area (Å²) in [6.07, 6.45) is 5.45. The van der Waals surface area contributed by atoms with Crippen molar-refractivity contribution in [3.8, 4) is 5.75 Å². The van der Waals surface area contributed by atoms with Crippen LogP contribution in [0.25, 0.3) is 0 Å². The number of benzene rings is 1. The summed E-state index contributed by atoms with van der Waals surface area (Å²) in [6.45, 7) is 0.824.